The standard InChI is InChI=1S/C28H23ClFN5O4/c29-21-5-2-6-23(25(21)30)35-15-22(32-33-35)27(37)34-12-11-19-18(14-31)3-1-4-20(19)26(34)24(36)13-16-7-9-17(10-8-16)28(38)39/h1-10,15,26H,11-14,31H2,(H,38,39). The Bertz CT molecular complexity index is 1590. The summed E-state index contributed by atoms with van der Waals surface area (Å²) in [4.78, 5) is 40.1. The van der Waals surface area contributed by atoms with Crippen molar-refractivity contribution in [1.29, 1.82) is 0 Å². The minimum absolute atomic E-state index is 0.0267. The van der Waals surface area contributed by atoms with Crippen LogP contribution in [0.4, 0.5) is 4.39 Å². The van der Waals surface area contributed by atoms with Gasteiger partial charge in [0.2, 0.25) is 0 Å². The van der Waals surface area contributed by atoms with E-state index in [1.807, 2.05) is 12.1 Å². The third kappa shape index (κ3) is 5.04. The summed E-state index contributed by atoms with van der Waals surface area (Å²) < 4.78 is 15.7. The second-order valence-electron chi connectivity index (χ2n) is 9.11. The van der Waals surface area contributed by atoms with Gasteiger partial charge in [0.15, 0.2) is 17.3 Å². The third-order valence-electron chi connectivity index (χ3n) is 6.77. The quantitative estimate of drug-likeness (QED) is 0.360. The zero-order chi connectivity index (χ0) is 27.7. The van der Waals surface area contributed by atoms with Crippen LogP contribution in [0.1, 0.15) is 49.1 Å². The molecule has 1 atom stereocenters. The Morgan fingerprint density at radius 1 is 1.08 bits per heavy atom. The van der Waals surface area contributed by atoms with Gasteiger partial charge in [-0.1, -0.05) is 53.2 Å². The van der Waals surface area contributed by atoms with E-state index in [-0.39, 0.29) is 47.3 Å². The topological polar surface area (TPSA) is 131 Å². The maximum absolute atomic E-state index is 14.5. The van der Waals surface area contributed by atoms with E-state index >= 15 is 0 Å². The molecular formula is C28H23ClFN5O4. The Hall–Kier alpha value is -4.41. The van der Waals surface area contributed by atoms with Gasteiger partial charge in [0.25, 0.3) is 5.91 Å². The van der Waals surface area contributed by atoms with Gasteiger partial charge in [0.1, 0.15) is 11.7 Å². The van der Waals surface area contributed by atoms with Crippen LogP contribution in [-0.4, -0.2) is 49.2 Å². The molecule has 0 radical (unpaired) electrons. The molecule has 5 rings (SSSR count). The molecule has 198 valence electrons. The van der Waals surface area contributed by atoms with Crippen molar-refractivity contribution >= 4 is 29.3 Å². The van der Waals surface area contributed by atoms with E-state index in [0.717, 1.165) is 15.8 Å². The molecule has 4 aromatic rings. The Balaban J connectivity index is 1.49. The number of aromatic carboxylic acids is 1. The number of amides is 1. The molecule has 11 heteroatoms. The number of benzene rings is 3. The fourth-order valence-electron chi connectivity index (χ4n) is 4.86. The lowest BCUT2D eigenvalue weighted by molar-refractivity contribution is -0.123. The summed E-state index contributed by atoms with van der Waals surface area (Å²) in [5.74, 6) is -2.56. The third-order valence-corrected chi connectivity index (χ3v) is 7.07. The largest absolute Gasteiger partial charge is 0.478 e. The smallest absolute Gasteiger partial charge is 0.335 e. The van der Waals surface area contributed by atoms with Crippen LogP contribution in [0, 0.1) is 5.82 Å². The number of halogens is 2. The number of ketones is 1. The molecule has 0 bridgehead atoms. The fourth-order valence-corrected chi connectivity index (χ4v) is 5.03. The molecule has 1 aromatic heterocycles. The number of aromatic nitrogens is 3. The van der Waals surface area contributed by atoms with E-state index in [4.69, 9.17) is 22.4 Å². The van der Waals surface area contributed by atoms with Gasteiger partial charge in [-0.25, -0.2) is 13.9 Å². The van der Waals surface area contributed by atoms with Crippen molar-refractivity contribution in [3.8, 4) is 5.69 Å². The fraction of sp³-hybridized carbons (Fsp3) is 0.179. The summed E-state index contributed by atoms with van der Waals surface area (Å²) in [7, 11) is 0. The normalized spacial score (nSPS) is 14.6. The number of fused-ring (bicyclic) bond motifs is 1. The minimum atomic E-state index is -1.06. The van der Waals surface area contributed by atoms with Gasteiger partial charge >= 0.3 is 5.97 Å². The zero-order valence-electron chi connectivity index (χ0n) is 20.6. The average molecular weight is 548 g/mol. The van der Waals surface area contributed by atoms with E-state index in [1.165, 1.54) is 35.4 Å². The van der Waals surface area contributed by atoms with Crippen molar-refractivity contribution in [1.82, 2.24) is 19.9 Å². The first-order chi connectivity index (χ1) is 18.8. The summed E-state index contributed by atoms with van der Waals surface area (Å²) in [6.07, 6.45) is 1.76. The number of carbonyl (C=O) groups is 3. The lowest BCUT2D eigenvalue weighted by Crippen LogP contribution is -2.44. The highest BCUT2D eigenvalue weighted by Crippen LogP contribution is 2.34. The number of nitrogens with zero attached hydrogens (tertiary/aromatic N) is 4. The molecule has 9 nitrogen and oxygen atoms in total. The molecule has 1 aliphatic heterocycles. The van der Waals surface area contributed by atoms with Crippen molar-refractivity contribution in [2.24, 2.45) is 5.73 Å². The van der Waals surface area contributed by atoms with Crippen LogP contribution in [0.25, 0.3) is 5.69 Å². The van der Waals surface area contributed by atoms with Crippen molar-refractivity contribution in [2.75, 3.05) is 6.54 Å². The number of carboxylic acids is 1. The van der Waals surface area contributed by atoms with Gasteiger partial charge < -0.3 is 15.7 Å². The van der Waals surface area contributed by atoms with Crippen LogP contribution >= 0.6 is 11.6 Å². The predicted molar refractivity (Wildman–Crippen MR) is 140 cm³/mol. The summed E-state index contributed by atoms with van der Waals surface area (Å²) in [6, 6.07) is 15.0. The monoisotopic (exact) mass is 547 g/mol. The van der Waals surface area contributed by atoms with Crippen molar-refractivity contribution in [3.63, 3.8) is 0 Å². The van der Waals surface area contributed by atoms with Crippen molar-refractivity contribution < 1.29 is 23.9 Å². The van der Waals surface area contributed by atoms with Crippen molar-refractivity contribution in [3.05, 3.63) is 111 Å². The molecule has 3 aromatic carbocycles. The molecule has 1 unspecified atom stereocenters. The van der Waals surface area contributed by atoms with E-state index < -0.39 is 23.7 Å². The van der Waals surface area contributed by atoms with Gasteiger partial charge in [-0.15, -0.1) is 5.10 Å². The summed E-state index contributed by atoms with van der Waals surface area (Å²) in [6.45, 7) is 0.518. The highest BCUT2D eigenvalue weighted by molar-refractivity contribution is 6.30. The Labute approximate surface area is 227 Å². The van der Waals surface area contributed by atoms with Crippen LogP contribution in [0.2, 0.25) is 5.02 Å². The SMILES string of the molecule is NCc1cccc2c1CCN(C(=O)c1cn(-c3cccc(Cl)c3F)nn1)C2C(=O)Cc1ccc(C(=O)O)cc1. The number of hydrogen-bond acceptors (Lipinski definition) is 6. The van der Waals surface area contributed by atoms with Crippen LogP contribution in [0.5, 0.6) is 0 Å². The minimum Gasteiger partial charge on any atom is -0.478 e. The van der Waals surface area contributed by atoms with E-state index in [2.05, 4.69) is 10.3 Å². The van der Waals surface area contributed by atoms with Gasteiger partial charge in [-0.3, -0.25) is 9.59 Å². The number of carbonyl (C=O) groups excluding carboxylic acids is 2. The number of hydrogen-bond donors (Lipinski definition) is 2. The molecule has 1 aliphatic rings. The second-order valence-corrected chi connectivity index (χ2v) is 9.51. The zero-order valence-corrected chi connectivity index (χ0v) is 21.3. The molecule has 3 N–H and O–H groups in total. The number of nitrogens with two attached hydrogens (primary N) is 1. The maximum atomic E-state index is 14.5. The molecule has 39 heavy (non-hydrogen) atoms. The van der Waals surface area contributed by atoms with E-state index in [9.17, 15) is 18.8 Å². The predicted octanol–water partition coefficient (Wildman–Crippen LogP) is 3.77. The first kappa shape index (κ1) is 26.2. The molecule has 0 saturated carbocycles. The molecule has 0 spiro atoms. The molecule has 0 fully saturated rings. The van der Waals surface area contributed by atoms with E-state index in [0.29, 0.717) is 17.5 Å². The van der Waals surface area contributed by atoms with Crippen LogP contribution in [0.15, 0.2) is 66.9 Å². The second kappa shape index (κ2) is 10.8. The summed E-state index contributed by atoms with van der Waals surface area (Å²) in [5.41, 5.74) is 9.14. The lowest BCUT2D eigenvalue weighted by atomic mass is 9.85. The maximum Gasteiger partial charge on any atom is 0.335 e. The van der Waals surface area contributed by atoms with E-state index in [1.54, 1.807) is 24.3 Å². The number of carboxylic acid groups (broad SMARTS) is 1. The average Bonchev–Trinajstić information content (AvgIpc) is 3.43. The Morgan fingerprint density at radius 3 is 2.54 bits per heavy atom. The lowest BCUT2D eigenvalue weighted by Gasteiger charge is -2.37. The van der Waals surface area contributed by atoms with Gasteiger partial charge in [-0.2, -0.15) is 0 Å². The number of rotatable bonds is 7. The molecule has 2 heterocycles. The van der Waals surface area contributed by atoms with Crippen LogP contribution < -0.4 is 5.73 Å². The van der Waals surface area contributed by atoms with Gasteiger partial charge in [-0.05, 0) is 52.9 Å². The van der Waals surface area contributed by atoms with Crippen LogP contribution in [-0.2, 0) is 24.2 Å². The van der Waals surface area contributed by atoms with Crippen molar-refractivity contribution in [2.45, 2.75) is 25.4 Å². The number of Topliss-reactive ketones (excluding diaryl/α,β-unsaturated/α-hetero) is 1. The highest BCUT2D eigenvalue weighted by Gasteiger charge is 2.37. The summed E-state index contributed by atoms with van der Waals surface area (Å²) in [5, 5.41) is 16.9. The van der Waals surface area contributed by atoms with Gasteiger partial charge in [0, 0.05) is 19.5 Å². The molecule has 0 aliphatic carbocycles. The first-order valence-corrected chi connectivity index (χ1v) is 12.5. The Kier molecular flexibility index (Phi) is 7.23. The Morgan fingerprint density at radius 2 is 1.82 bits per heavy atom. The summed E-state index contributed by atoms with van der Waals surface area (Å²) >= 11 is 5.88. The molecular weight excluding hydrogens is 525 g/mol. The molecule has 0 saturated heterocycles. The van der Waals surface area contributed by atoms with Gasteiger partial charge in [0.05, 0.1) is 16.8 Å². The molecule has 1 amide bonds. The van der Waals surface area contributed by atoms with Crippen LogP contribution in [0.3, 0.4) is 0 Å². The highest BCUT2D eigenvalue weighted by atomic mass is 35.5. The first-order valence-electron chi connectivity index (χ1n) is 12.1.